The second-order valence-electron chi connectivity index (χ2n) is 1.82. The van der Waals surface area contributed by atoms with Crippen LogP contribution in [0.15, 0.2) is 16.7 Å². The number of carbonyl (C=O) groups excluding carboxylic acids is 1. The Morgan fingerprint density at radius 2 is 2.36 bits per heavy atom. The van der Waals surface area contributed by atoms with Crippen molar-refractivity contribution in [2.75, 3.05) is 0 Å². The predicted octanol–water partition coefficient (Wildman–Crippen LogP) is 1.55. The molecule has 1 amide bonds. The van der Waals surface area contributed by atoms with Gasteiger partial charge in [-0.05, 0) is 44.6 Å². The third-order valence-corrected chi connectivity index (χ3v) is 3.52. The van der Waals surface area contributed by atoms with Gasteiger partial charge in [-0.3, -0.25) is 4.79 Å². The molecule has 0 aromatic carbocycles. The monoisotopic (exact) mass is 326 g/mol. The number of rotatable bonds is 1. The van der Waals surface area contributed by atoms with Crippen molar-refractivity contribution < 1.29 is 4.79 Å². The Morgan fingerprint density at radius 1 is 1.73 bits per heavy atom. The van der Waals surface area contributed by atoms with E-state index in [0.29, 0.717) is 4.47 Å². The Labute approximate surface area is 85.6 Å². The maximum absolute atomic E-state index is 10.7. The number of carbonyl (C=O) groups is 1. The van der Waals surface area contributed by atoms with E-state index in [1.807, 2.05) is 0 Å². The maximum Gasteiger partial charge on any atom is 0.268 e. The molecule has 0 atom stereocenters. The normalized spacial score (nSPS) is 9.64. The SMILES string of the molecule is NC(=O)c1nccc(I)c1Br. The molecule has 1 heterocycles. The molecule has 0 aliphatic heterocycles. The fourth-order valence-corrected chi connectivity index (χ4v) is 1.44. The number of hydrogen-bond donors (Lipinski definition) is 1. The zero-order chi connectivity index (χ0) is 8.43. The Kier molecular flexibility index (Phi) is 2.83. The zero-order valence-corrected chi connectivity index (χ0v) is 9.09. The molecule has 0 radical (unpaired) electrons. The molecular formula is C6H4BrIN2O. The van der Waals surface area contributed by atoms with Gasteiger partial charge >= 0.3 is 0 Å². The van der Waals surface area contributed by atoms with Crippen LogP contribution in [0.25, 0.3) is 0 Å². The number of hydrogen-bond acceptors (Lipinski definition) is 2. The van der Waals surface area contributed by atoms with Crippen LogP contribution in [0.4, 0.5) is 0 Å². The van der Waals surface area contributed by atoms with Gasteiger partial charge in [0.2, 0.25) is 0 Å². The van der Waals surface area contributed by atoms with Gasteiger partial charge < -0.3 is 5.73 Å². The lowest BCUT2D eigenvalue weighted by Crippen LogP contribution is -2.14. The topological polar surface area (TPSA) is 56.0 Å². The molecule has 58 valence electrons. The van der Waals surface area contributed by atoms with Crippen molar-refractivity contribution in [1.82, 2.24) is 4.98 Å². The molecule has 5 heteroatoms. The summed E-state index contributed by atoms with van der Waals surface area (Å²) in [4.78, 5) is 14.5. The van der Waals surface area contributed by atoms with Crippen molar-refractivity contribution in [2.45, 2.75) is 0 Å². The Hall–Kier alpha value is -0.170. The van der Waals surface area contributed by atoms with Gasteiger partial charge in [-0.25, -0.2) is 4.98 Å². The predicted molar refractivity (Wildman–Crippen MR) is 53.2 cm³/mol. The molecule has 1 rings (SSSR count). The average Bonchev–Trinajstić information content (AvgIpc) is 1.94. The van der Waals surface area contributed by atoms with Crippen molar-refractivity contribution >= 4 is 44.4 Å². The van der Waals surface area contributed by atoms with E-state index in [0.717, 1.165) is 3.57 Å². The standard InChI is InChI=1S/C6H4BrIN2O/c7-4-3(8)1-2-10-5(4)6(9)11/h1-2H,(H2,9,11). The summed E-state index contributed by atoms with van der Waals surface area (Å²) >= 11 is 5.30. The molecule has 0 saturated heterocycles. The van der Waals surface area contributed by atoms with Gasteiger partial charge in [-0.2, -0.15) is 0 Å². The summed E-state index contributed by atoms with van der Waals surface area (Å²) in [6.45, 7) is 0. The number of halogens is 2. The number of nitrogens with zero attached hydrogens (tertiary/aromatic N) is 1. The van der Waals surface area contributed by atoms with Crippen LogP contribution >= 0.6 is 38.5 Å². The number of primary amides is 1. The fraction of sp³-hybridized carbons (Fsp3) is 0. The molecule has 0 unspecified atom stereocenters. The quantitative estimate of drug-likeness (QED) is 0.796. The van der Waals surface area contributed by atoms with Crippen LogP contribution in [0.5, 0.6) is 0 Å². The third-order valence-electron chi connectivity index (χ3n) is 1.08. The van der Waals surface area contributed by atoms with E-state index in [9.17, 15) is 4.79 Å². The molecule has 2 N–H and O–H groups in total. The summed E-state index contributed by atoms with van der Waals surface area (Å²) in [5.74, 6) is -0.518. The third kappa shape index (κ3) is 1.90. The zero-order valence-electron chi connectivity index (χ0n) is 5.34. The summed E-state index contributed by atoms with van der Waals surface area (Å²) in [6, 6.07) is 1.79. The van der Waals surface area contributed by atoms with Gasteiger partial charge in [0.15, 0.2) is 0 Å². The lowest BCUT2D eigenvalue weighted by Gasteiger charge is -1.98. The summed E-state index contributed by atoms with van der Waals surface area (Å²) in [5, 5.41) is 0. The van der Waals surface area contributed by atoms with Crippen molar-refractivity contribution in [3.8, 4) is 0 Å². The second kappa shape index (κ2) is 3.48. The Balaban J connectivity index is 3.27. The maximum atomic E-state index is 10.7. The summed E-state index contributed by atoms with van der Waals surface area (Å²) in [6.07, 6.45) is 1.55. The highest BCUT2D eigenvalue weighted by atomic mass is 127. The summed E-state index contributed by atoms with van der Waals surface area (Å²) in [7, 11) is 0. The van der Waals surface area contributed by atoms with Crippen LogP contribution in [0, 0.1) is 3.57 Å². The van der Waals surface area contributed by atoms with Crippen LogP contribution in [0.2, 0.25) is 0 Å². The van der Waals surface area contributed by atoms with E-state index in [1.54, 1.807) is 12.3 Å². The van der Waals surface area contributed by atoms with Crippen molar-refractivity contribution in [3.63, 3.8) is 0 Å². The molecule has 0 aliphatic carbocycles. The van der Waals surface area contributed by atoms with Gasteiger partial charge in [0.05, 0.1) is 4.47 Å². The lowest BCUT2D eigenvalue weighted by molar-refractivity contribution is 0.0994. The van der Waals surface area contributed by atoms with Gasteiger partial charge in [-0.15, -0.1) is 0 Å². The van der Waals surface area contributed by atoms with Crippen LogP contribution in [0.1, 0.15) is 10.5 Å². The van der Waals surface area contributed by atoms with E-state index in [-0.39, 0.29) is 5.69 Å². The minimum absolute atomic E-state index is 0.275. The van der Waals surface area contributed by atoms with Gasteiger partial charge in [0.25, 0.3) is 5.91 Å². The van der Waals surface area contributed by atoms with E-state index >= 15 is 0 Å². The number of aromatic nitrogens is 1. The summed E-state index contributed by atoms with van der Waals surface area (Å²) < 4.78 is 1.58. The smallest absolute Gasteiger partial charge is 0.268 e. The van der Waals surface area contributed by atoms with Crippen LogP contribution in [-0.2, 0) is 0 Å². The average molecular weight is 327 g/mol. The molecular weight excluding hydrogens is 323 g/mol. The minimum atomic E-state index is -0.518. The van der Waals surface area contributed by atoms with Crippen LogP contribution in [0.3, 0.4) is 0 Å². The summed E-state index contributed by atoms with van der Waals surface area (Å²) in [5.41, 5.74) is 5.32. The first kappa shape index (κ1) is 8.92. The number of nitrogens with two attached hydrogens (primary N) is 1. The number of pyridine rings is 1. The van der Waals surface area contributed by atoms with E-state index < -0.39 is 5.91 Å². The first-order valence-corrected chi connectivity index (χ1v) is 4.60. The van der Waals surface area contributed by atoms with Crippen LogP contribution in [-0.4, -0.2) is 10.9 Å². The highest BCUT2D eigenvalue weighted by molar-refractivity contribution is 14.1. The molecule has 0 saturated carbocycles. The molecule has 0 bridgehead atoms. The van der Waals surface area contributed by atoms with Crippen molar-refractivity contribution in [2.24, 2.45) is 5.73 Å². The van der Waals surface area contributed by atoms with Crippen molar-refractivity contribution in [3.05, 3.63) is 26.0 Å². The molecule has 0 spiro atoms. The van der Waals surface area contributed by atoms with Gasteiger partial charge in [0, 0.05) is 9.77 Å². The van der Waals surface area contributed by atoms with E-state index in [4.69, 9.17) is 5.73 Å². The molecule has 0 aliphatic rings. The van der Waals surface area contributed by atoms with Gasteiger partial charge in [0.1, 0.15) is 5.69 Å². The lowest BCUT2D eigenvalue weighted by atomic mass is 10.3. The van der Waals surface area contributed by atoms with E-state index in [1.165, 1.54) is 0 Å². The van der Waals surface area contributed by atoms with Crippen molar-refractivity contribution in [1.29, 1.82) is 0 Å². The molecule has 1 aromatic heterocycles. The molecule has 3 nitrogen and oxygen atoms in total. The second-order valence-corrected chi connectivity index (χ2v) is 3.77. The highest BCUT2D eigenvalue weighted by Gasteiger charge is 2.08. The molecule has 1 aromatic rings. The van der Waals surface area contributed by atoms with E-state index in [2.05, 4.69) is 43.5 Å². The fourth-order valence-electron chi connectivity index (χ4n) is 0.592. The number of amides is 1. The van der Waals surface area contributed by atoms with Crippen LogP contribution < -0.4 is 5.73 Å². The van der Waals surface area contributed by atoms with Gasteiger partial charge in [-0.1, -0.05) is 0 Å². The minimum Gasteiger partial charge on any atom is -0.364 e. The Bertz CT molecular complexity index is 303. The largest absolute Gasteiger partial charge is 0.364 e. The Morgan fingerprint density at radius 3 is 2.82 bits per heavy atom. The first-order valence-electron chi connectivity index (χ1n) is 2.72. The molecule has 11 heavy (non-hydrogen) atoms. The molecule has 0 fully saturated rings. The first-order chi connectivity index (χ1) is 5.13. The highest BCUT2D eigenvalue weighted by Crippen LogP contribution is 2.20.